The molecule has 0 amide bonds. The molecule has 15 heavy (non-hydrogen) atoms. The van der Waals surface area contributed by atoms with Crippen LogP contribution in [0.3, 0.4) is 0 Å². The van der Waals surface area contributed by atoms with Gasteiger partial charge in [0.05, 0.1) is 6.61 Å². The number of rotatable bonds is 2. The molecule has 2 rings (SSSR count). The highest BCUT2D eigenvalue weighted by molar-refractivity contribution is 6.33. The molecule has 3 N–H and O–H groups in total. The second-order valence-electron chi connectivity index (χ2n) is 3.85. The van der Waals surface area contributed by atoms with Crippen molar-refractivity contribution in [3.05, 3.63) is 22.2 Å². The number of halogens is 1. The molecular formula is C11H14ClNO2. The molecule has 1 heterocycles. The summed E-state index contributed by atoms with van der Waals surface area (Å²) >= 11 is 6.03. The highest BCUT2D eigenvalue weighted by Gasteiger charge is 2.23. The van der Waals surface area contributed by atoms with Gasteiger partial charge in [-0.1, -0.05) is 18.5 Å². The number of hydrogen-bond donors (Lipinski definition) is 2. The van der Waals surface area contributed by atoms with E-state index in [1.54, 1.807) is 0 Å². The molecule has 0 aromatic heterocycles. The first-order valence-corrected chi connectivity index (χ1v) is 5.40. The van der Waals surface area contributed by atoms with Gasteiger partial charge in [-0.15, -0.1) is 0 Å². The van der Waals surface area contributed by atoms with Gasteiger partial charge in [-0.3, -0.25) is 0 Å². The molecule has 1 aromatic carbocycles. The predicted octanol–water partition coefficient (Wildman–Crippen LogP) is 2.04. The summed E-state index contributed by atoms with van der Waals surface area (Å²) in [5.41, 5.74) is 7.46. The quantitative estimate of drug-likeness (QED) is 0.813. The van der Waals surface area contributed by atoms with Crippen LogP contribution in [-0.4, -0.2) is 18.3 Å². The van der Waals surface area contributed by atoms with Gasteiger partial charge in [0, 0.05) is 12.0 Å². The third-order valence-electron chi connectivity index (χ3n) is 2.80. The van der Waals surface area contributed by atoms with E-state index in [1.807, 2.05) is 13.0 Å². The lowest BCUT2D eigenvalue weighted by Gasteiger charge is -2.14. The van der Waals surface area contributed by atoms with Gasteiger partial charge in [-0.25, -0.2) is 0 Å². The van der Waals surface area contributed by atoms with Crippen molar-refractivity contribution in [2.24, 2.45) is 5.73 Å². The number of phenols is 1. The summed E-state index contributed by atoms with van der Waals surface area (Å²) in [6.07, 6.45) is 0.847. The van der Waals surface area contributed by atoms with Gasteiger partial charge in [0.15, 0.2) is 0 Å². The molecule has 1 aliphatic heterocycles. The maximum absolute atomic E-state index is 9.90. The van der Waals surface area contributed by atoms with Gasteiger partial charge >= 0.3 is 0 Å². The molecule has 1 aliphatic rings. The van der Waals surface area contributed by atoms with E-state index in [1.165, 1.54) is 0 Å². The summed E-state index contributed by atoms with van der Waals surface area (Å²) < 4.78 is 5.36. The number of aromatic hydroxyl groups is 1. The Morgan fingerprint density at radius 1 is 1.67 bits per heavy atom. The van der Waals surface area contributed by atoms with Crippen molar-refractivity contribution in [2.45, 2.75) is 19.3 Å². The number of nitrogens with two attached hydrogens (primary N) is 1. The second kappa shape index (κ2) is 3.91. The maximum Gasteiger partial charge on any atom is 0.145 e. The highest BCUT2D eigenvalue weighted by Crippen LogP contribution is 2.43. The zero-order chi connectivity index (χ0) is 11.0. The maximum atomic E-state index is 9.90. The van der Waals surface area contributed by atoms with Crippen LogP contribution in [0.2, 0.25) is 5.02 Å². The van der Waals surface area contributed by atoms with Gasteiger partial charge in [0.2, 0.25) is 0 Å². The van der Waals surface area contributed by atoms with Crippen LogP contribution in [0, 0.1) is 0 Å². The van der Waals surface area contributed by atoms with Crippen LogP contribution in [0.1, 0.15) is 24.0 Å². The first kappa shape index (κ1) is 10.6. The van der Waals surface area contributed by atoms with Crippen molar-refractivity contribution in [3.63, 3.8) is 0 Å². The minimum absolute atomic E-state index is 0.105. The van der Waals surface area contributed by atoms with Crippen molar-refractivity contribution in [3.8, 4) is 11.5 Å². The first-order chi connectivity index (χ1) is 7.15. The van der Waals surface area contributed by atoms with Crippen LogP contribution in [0.5, 0.6) is 11.5 Å². The first-order valence-electron chi connectivity index (χ1n) is 5.02. The lowest BCUT2D eigenvalue weighted by molar-refractivity contribution is 0.354. The van der Waals surface area contributed by atoms with E-state index >= 15 is 0 Å². The summed E-state index contributed by atoms with van der Waals surface area (Å²) in [4.78, 5) is 0. The Morgan fingerprint density at radius 2 is 2.40 bits per heavy atom. The van der Waals surface area contributed by atoms with E-state index < -0.39 is 0 Å². The fraction of sp³-hybridized carbons (Fsp3) is 0.455. The number of ether oxygens (including phenoxy) is 1. The van der Waals surface area contributed by atoms with Crippen LogP contribution in [-0.2, 0) is 6.42 Å². The zero-order valence-electron chi connectivity index (χ0n) is 8.59. The minimum atomic E-state index is 0.105. The third kappa shape index (κ3) is 1.66. The minimum Gasteiger partial charge on any atom is -0.506 e. The zero-order valence-corrected chi connectivity index (χ0v) is 9.34. The summed E-state index contributed by atoms with van der Waals surface area (Å²) in [6, 6.07) is 1.95. The van der Waals surface area contributed by atoms with E-state index in [-0.39, 0.29) is 11.7 Å². The van der Waals surface area contributed by atoms with Crippen LogP contribution < -0.4 is 10.5 Å². The smallest absolute Gasteiger partial charge is 0.145 e. The fourth-order valence-corrected chi connectivity index (χ4v) is 2.09. The Balaban J connectivity index is 2.54. The van der Waals surface area contributed by atoms with Gasteiger partial charge in [0.1, 0.15) is 16.5 Å². The highest BCUT2D eigenvalue weighted by atomic mass is 35.5. The van der Waals surface area contributed by atoms with Crippen molar-refractivity contribution in [1.82, 2.24) is 0 Å². The lowest BCUT2D eigenvalue weighted by Crippen LogP contribution is -2.09. The number of phenolic OH excluding ortho intramolecular Hbond substituents is 1. The standard InChI is InChI=1S/C11H14ClNO2/c1-6(5-13)8-4-7-2-3-15-11(7)9(12)10(8)14/h4,6,14H,2-3,5,13H2,1H3. The molecule has 0 spiro atoms. The Morgan fingerprint density at radius 3 is 3.07 bits per heavy atom. The molecule has 0 saturated heterocycles. The molecular weight excluding hydrogens is 214 g/mol. The van der Waals surface area contributed by atoms with Crippen LogP contribution in [0.15, 0.2) is 6.07 Å². The fourth-order valence-electron chi connectivity index (χ4n) is 1.80. The molecule has 1 unspecified atom stereocenters. The van der Waals surface area contributed by atoms with Gasteiger partial charge in [0.25, 0.3) is 0 Å². The molecule has 3 nitrogen and oxygen atoms in total. The van der Waals surface area contributed by atoms with Crippen LogP contribution >= 0.6 is 11.6 Å². The lowest BCUT2D eigenvalue weighted by atomic mass is 9.97. The molecule has 82 valence electrons. The van der Waals surface area contributed by atoms with E-state index in [2.05, 4.69) is 0 Å². The van der Waals surface area contributed by atoms with Crippen molar-refractivity contribution >= 4 is 11.6 Å². The summed E-state index contributed by atoms with van der Waals surface area (Å²) in [6.45, 7) is 3.09. The molecule has 0 aliphatic carbocycles. The Labute approximate surface area is 93.8 Å². The molecule has 1 aromatic rings. The van der Waals surface area contributed by atoms with Crippen molar-refractivity contribution < 1.29 is 9.84 Å². The average Bonchev–Trinajstić information content (AvgIpc) is 2.70. The van der Waals surface area contributed by atoms with E-state index in [4.69, 9.17) is 22.1 Å². The summed E-state index contributed by atoms with van der Waals surface area (Å²) in [5.74, 6) is 0.839. The van der Waals surface area contributed by atoms with E-state index in [9.17, 15) is 5.11 Å². The number of hydrogen-bond acceptors (Lipinski definition) is 3. The van der Waals surface area contributed by atoms with Crippen molar-refractivity contribution in [2.75, 3.05) is 13.2 Å². The Kier molecular flexibility index (Phi) is 2.76. The SMILES string of the molecule is CC(CN)c1cc2c(c(Cl)c1O)OCC2. The van der Waals surface area contributed by atoms with Crippen LogP contribution in [0.25, 0.3) is 0 Å². The summed E-state index contributed by atoms with van der Waals surface area (Å²) in [5, 5.41) is 10.2. The normalized spacial score (nSPS) is 15.9. The van der Waals surface area contributed by atoms with Crippen molar-refractivity contribution in [1.29, 1.82) is 0 Å². The molecule has 0 fully saturated rings. The predicted molar refractivity (Wildman–Crippen MR) is 59.8 cm³/mol. The second-order valence-corrected chi connectivity index (χ2v) is 4.23. The van der Waals surface area contributed by atoms with Crippen LogP contribution in [0.4, 0.5) is 0 Å². The van der Waals surface area contributed by atoms with Gasteiger partial charge < -0.3 is 15.6 Å². The molecule has 0 bridgehead atoms. The molecule has 0 radical (unpaired) electrons. The Bertz CT molecular complexity index is 393. The van der Waals surface area contributed by atoms with E-state index in [0.29, 0.717) is 23.9 Å². The Hall–Kier alpha value is -0.930. The monoisotopic (exact) mass is 227 g/mol. The van der Waals surface area contributed by atoms with E-state index in [0.717, 1.165) is 17.5 Å². The third-order valence-corrected chi connectivity index (χ3v) is 3.15. The summed E-state index contributed by atoms with van der Waals surface area (Å²) in [7, 11) is 0. The average molecular weight is 228 g/mol. The van der Waals surface area contributed by atoms with Gasteiger partial charge in [-0.2, -0.15) is 0 Å². The molecule has 4 heteroatoms. The molecule has 1 atom stereocenters. The topological polar surface area (TPSA) is 55.5 Å². The largest absolute Gasteiger partial charge is 0.506 e. The molecule has 0 saturated carbocycles. The number of benzene rings is 1. The number of fused-ring (bicyclic) bond motifs is 1. The van der Waals surface area contributed by atoms with Gasteiger partial charge in [-0.05, 0) is 24.1 Å².